The lowest BCUT2D eigenvalue weighted by molar-refractivity contribution is 0.166. The van der Waals surface area contributed by atoms with Crippen molar-refractivity contribution in [3.8, 4) is 5.75 Å². The van der Waals surface area contributed by atoms with E-state index in [9.17, 15) is 0 Å². The van der Waals surface area contributed by atoms with Crippen LogP contribution >= 0.6 is 0 Å². The average Bonchev–Trinajstić information content (AvgIpc) is 3.43. The highest BCUT2D eigenvalue weighted by molar-refractivity contribution is 5.79. The van der Waals surface area contributed by atoms with E-state index in [1.165, 1.54) is 18.4 Å². The Bertz CT molecular complexity index is 654. The number of aryl methyl sites for hydroxylation is 1. The van der Waals surface area contributed by atoms with Gasteiger partial charge in [0, 0.05) is 43.8 Å². The van der Waals surface area contributed by atoms with E-state index in [4.69, 9.17) is 14.5 Å². The smallest absolute Gasteiger partial charge is 0.191 e. The van der Waals surface area contributed by atoms with Crippen molar-refractivity contribution in [2.45, 2.75) is 52.6 Å². The minimum Gasteiger partial charge on any atom is -0.493 e. The van der Waals surface area contributed by atoms with Gasteiger partial charge in [0.15, 0.2) is 5.96 Å². The highest BCUT2D eigenvalue weighted by Crippen LogP contribution is 2.26. The second-order valence-corrected chi connectivity index (χ2v) is 8.13. The minimum atomic E-state index is 0.499. The molecule has 1 aliphatic heterocycles. The third-order valence-electron chi connectivity index (χ3n) is 5.63. The topological polar surface area (TPSA) is 58.1 Å². The zero-order chi connectivity index (χ0) is 20.5. The van der Waals surface area contributed by atoms with Crippen LogP contribution in [0.1, 0.15) is 44.2 Å². The van der Waals surface area contributed by atoms with Crippen molar-refractivity contribution in [2.24, 2.45) is 10.9 Å². The molecule has 0 aromatic heterocycles. The second kappa shape index (κ2) is 11.4. The Morgan fingerprint density at radius 1 is 1.24 bits per heavy atom. The summed E-state index contributed by atoms with van der Waals surface area (Å²) in [5, 5.41) is 6.85. The van der Waals surface area contributed by atoms with E-state index in [0.29, 0.717) is 19.1 Å². The van der Waals surface area contributed by atoms with Crippen LogP contribution < -0.4 is 15.4 Å². The van der Waals surface area contributed by atoms with Crippen molar-refractivity contribution >= 4 is 5.96 Å². The zero-order valence-corrected chi connectivity index (χ0v) is 18.4. The summed E-state index contributed by atoms with van der Waals surface area (Å²) < 4.78 is 11.6. The fourth-order valence-electron chi connectivity index (χ4n) is 3.71. The largest absolute Gasteiger partial charge is 0.493 e. The zero-order valence-electron chi connectivity index (χ0n) is 18.4. The maximum Gasteiger partial charge on any atom is 0.191 e. The van der Waals surface area contributed by atoms with E-state index in [0.717, 1.165) is 69.1 Å². The van der Waals surface area contributed by atoms with Crippen LogP contribution in [0.5, 0.6) is 5.75 Å². The van der Waals surface area contributed by atoms with Gasteiger partial charge in [-0.05, 0) is 51.3 Å². The van der Waals surface area contributed by atoms with Gasteiger partial charge in [-0.25, -0.2) is 4.99 Å². The van der Waals surface area contributed by atoms with Crippen LogP contribution in [-0.4, -0.2) is 62.9 Å². The quantitative estimate of drug-likeness (QED) is 0.440. The number of guanidine groups is 1. The average molecular weight is 403 g/mol. The first kappa shape index (κ1) is 21.9. The molecule has 1 saturated carbocycles. The second-order valence-electron chi connectivity index (χ2n) is 8.13. The number of nitrogens with one attached hydrogen (secondary N) is 2. The molecule has 2 N–H and O–H groups in total. The first-order chi connectivity index (χ1) is 14.2. The molecular weight excluding hydrogens is 364 g/mol. The summed E-state index contributed by atoms with van der Waals surface area (Å²) in [6.07, 6.45) is 3.79. The van der Waals surface area contributed by atoms with Crippen molar-refractivity contribution in [3.05, 3.63) is 29.3 Å². The molecule has 0 spiro atoms. The summed E-state index contributed by atoms with van der Waals surface area (Å²) in [4.78, 5) is 7.36. The molecule has 1 heterocycles. The highest BCUT2D eigenvalue weighted by Gasteiger charge is 2.27. The minimum absolute atomic E-state index is 0.499. The number of aliphatic imine (C=N–C) groups is 1. The SMILES string of the molecule is CCNC(=NCc1ccc(C)cc1OCC1CCOC1)NCCN(CC)C1CC1. The molecule has 6 nitrogen and oxygen atoms in total. The number of hydrogen-bond donors (Lipinski definition) is 2. The summed E-state index contributed by atoms with van der Waals surface area (Å²) >= 11 is 0. The molecule has 0 amide bonds. The van der Waals surface area contributed by atoms with Crippen LogP contribution in [0.2, 0.25) is 0 Å². The van der Waals surface area contributed by atoms with Crippen LogP contribution in [0.4, 0.5) is 0 Å². The van der Waals surface area contributed by atoms with Crippen molar-refractivity contribution in [2.75, 3.05) is 46.0 Å². The molecule has 1 atom stereocenters. The van der Waals surface area contributed by atoms with Gasteiger partial charge in [-0.2, -0.15) is 0 Å². The maximum atomic E-state index is 6.16. The molecule has 2 aliphatic rings. The van der Waals surface area contributed by atoms with Crippen LogP contribution in [-0.2, 0) is 11.3 Å². The van der Waals surface area contributed by atoms with Gasteiger partial charge in [-0.15, -0.1) is 0 Å². The van der Waals surface area contributed by atoms with Gasteiger partial charge < -0.3 is 20.1 Å². The van der Waals surface area contributed by atoms with Gasteiger partial charge in [0.1, 0.15) is 5.75 Å². The Morgan fingerprint density at radius 3 is 2.79 bits per heavy atom. The van der Waals surface area contributed by atoms with Gasteiger partial charge in [-0.3, -0.25) is 4.90 Å². The number of hydrogen-bond acceptors (Lipinski definition) is 4. The fraction of sp³-hybridized carbons (Fsp3) is 0.696. The van der Waals surface area contributed by atoms with Crippen LogP contribution in [0, 0.1) is 12.8 Å². The molecule has 29 heavy (non-hydrogen) atoms. The third kappa shape index (κ3) is 7.19. The van der Waals surface area contributed by atoms with Crippen LogP contribution in [0.25, 0.3) is 0 Å². The molecule has 162 valence electrons. The van der Waals surface area contributed by atoms with E-state index < -0.39 is 0 Å². The standard InChI is InChI=1S/C23H38N4O2/c1-4-24-23(25-11-12-27(5-2)21-8-9-21)26-15-20-7-6-18(3)14-22(20)29-17-19-10-13-28-16-19/h6-7,14,19,21H,4-5,8-13,15-17H2,1-3H3,(H2,24,25,26). The third-order valence-corrected chi connectivity index (χ3v) is 5.63. The molecule has 6 heteroatoms. The Balaban J connectivity index is 1.55. The highest BCUT2D eigenvalue weighted by atomic mass is 16.5. The van der Waals surface area contributed by atoms with Crippen molar-refractivity contribution < 1.29 is 9.47 Å². The van der Waals surface area contributed by atoms with Gasteiger partial charge in [0.05, 0.1) is 19.8 Å². The molecule has 3 rings (SSSR count). The predicted octanol–water partition coefficient (Wildman–Crippen LogP) is 2.95. The number of rotatable bonds is 11. The Hall–Kier alpha value is -1.79. The Morgan fingerprint density at radius 2 is 2.10 bits per heavy atom. The number of benzene rings is 1. The predicted molar refractivity (Wildman–Crippen MR) is 119 cm³/mol. The molecule has 1 aromatic rings. The first-order valence-corrected chi connectivity index (χ1v) is 11.3. The molecule has 1 saturated heterocycles. The lowest BCUT2D eigenvalue weighted by Gasteiger charge is -2.21. The molecule has 1 unspecified atom stereocenters. The molecular formula is C23H38N4O2. The normalized spacial score (nSPS) is 19.6. The lowest BCUT2D eigenvalue weighted by Crippen LogP contribution is -2.42. The molecule has 1 aliphatic carbocycles. The van der Waals surface area contributed by atoms with Crippen LogP contribution in [0.3, 0.4) is 0 Å². The monoisotopic (exact) mass is 402 g/mol. The maximum absolute atomic E-state index is 6.16. The summed E-state index contributed by atoms with van der Waals surface area (Å²) in [6, 6.07) is 7.19. The number of nitrogens with zero attached hydrogens (tertiary/aromatic N) is 2. The van der Waals surface area contributed by atoms with Crippen molar-refractivity contribution in [1.29, 1.82) is 0 Å². The van der Waals surface area contributed by atoms with E-state index >= 15 is 0 Å². The molecule has 0 bridgehead atoms. The lowest BCUT2D eigenvalue weighted by atomic mass is 10.1. The summed E-state index contributed by atoms with van der Waals surface area (Å²) in [6.45, 7) is 13.4. The van der Waals surface area contributed by atoms with Gasteiger partial charge in [0.25, 0.3) is 0 Å². The van der Waals surface area contributed by atoms with E-state index in [2.05, 4.69) is 54.5 Å². The van der Waals surface area contributed by atoms with Gasteiger partial charge in [0.2, 0.25) is 0 Å². The summed E-state index contributed by atoms with van der Waals surface area (Å²) in [5.74, 6) is 2.32. The van der Waals surface area contributed by atoms with E-state index in [1.807, 2.05) is 0 Å². The number of likely N-dealkylation sites (N-methyl/N-ethyl adjacent to an activating group) is 1. The van der Waals surface area contributed by atoms with Gasteiger partial charge in [-0.1, -0.05) is 19.1 Å². The Kier molecular flexibility index (Phi) is 8.62. The summed E-state index contributed by atoms with van der Waals surface area (Å²) in [5.41, 5.74) is 2.33. The first-order valence-electron chi connectivity index (χ1n) is 11.3. The fourth-order valence-corrected chi connectivity index (χ4v) is 3.71. The molecule has 0 radical (unpaired) electrons. The molecule has 2 fully saturated rings. The van der Waals surface area contributed by atoms with Crippen LogP contribution in [0.15, 0.2) is 23.2 Å². The Labute approximate surface area is 176 Å². The molecule has 1 aromatic carbocycles. The van der Waals surface area contributed by atoms with Crippen molar-refractivity contribution in [1.82, 2.24) is 15.5 Å². The van der Waals surface area contributed by atoms with Crippen molar-refractivity contribution in [3.63, 3.8) is 0 Å². The number of ether oxygens (including phenoxy) is 2. The van der Waals surface area contributed by atoms with E-state index in [1.54, 1.807) is 0 Å². The van der Waals surface area contributed by atoms with E-state index in [-0.39, 0.29) is 0 Å². The van der Waals surface area contributed by atoms with Gasteiger partial charge >= 0.3 is 0 Å². The summed E-state index contributed by atoms with van der Waals surface area (Å²) in [7, 11) is 0.